The van der Waals surface area contributed by atoms with Crippen LogP contribution in [-0.4, -0.2) is 66.4 Å². The Morgan fingerprint density at radius 1 is 1.08 bits per heavy atom. The van der Waals surface area contributed by atoms with Crippen molar-refractivity contribution in [3.05, 3.63) is 117 Å². The van der Waals surface area contributed by atoms with E-state index < -0.39 is 39.6 Å². The van der Waals surface area contributed by atoms with Gasteiger partial charge in [-0.05, 0) is 55.0 Å². The largest absolute Gasteiger partial charge is 0.466 e. The molecule has 0 radical (unpaired) electrons. The van der Waals surface area contributed by atoms with E-state index in [2.05, 4.69) is 16.3 Å². The number of methoxy groups -OCH3 is 1. The second kappa shape index (κ2) is 13.5. The number of aromatic amines is 1. The van der Waals surface area contributed by atoms with E-state index in [1.54, 1.807) is 43.3 Å². The molecule has 1 aliphatic heterocycles. The van der Waals surface area contributed by atoms with Crippen molar-refractivity contribution >= 4 is 27.7 Å². The summed E-state index contributed by atoms with van der Waals surface area (Å²) >= 11 is 0. The molecular weight excluding hydrogens is 653 g/mol. The fraction of sp³-hybridized carbons (Fsp3) is 0.250. The predicted octanol–water partition coefficient (Wildman–Crippen LogP) is 4.79. The van der Waals surface area contributed by atoms with E-state index >= 15 is 0 Å². The summed E-state index contributed by atoms with van der Waals surface area (Å²) in [5.74, 6) is -0.756. The molecule has 2 heterocycles. The lowest BCUT2D eigenvalue weighted by molar-refractivity contribution is -0.884. The molecule has 252 valence electrons. The maximum absolute atomic E-state index is 13.5. The monoisotopic (exact) mass is 685 g/mol. The number of nitriles is 1. The van der Waals surface area contributed by atoms with Crippen LogP contribution in [0.3, 0.4) is 0 Å². The van der Waals surface area contributed by atoms with E-state index in [9.17, 15) is 36.4 Å². The van der Waals surface area contributed by atoms with Gasteiger partial charge in [0.15, 0.2) is 0 Å². The van der Waals surface area contributed by atoms with E-state index in [1.807, 2.05) is 21.1 Å². The molecule has 0 bridgehead atoms. The maximum Gasteiger partial charge on any atom is 0.416 e. The van der Waals surface area contributed by atoms with Gasteiger partial charge >= 0.3 is 17.8 Å². The summed E-state index contributed by atoms with van der Waals surface area (Å²) in [7, 11) is 3.05. The van der Waals surface area contributed by atoms with Gasteiger partial charge in [0.05, 0.1) is 55.9 Å². The number of quaternary nitrogens is 1. The number of nitrogens with zero attached hydrogens (tertiary/aromatic N) is 5. The number of benzene rings is 3. The van der Waals surface area contributed by atoms with Crippen molar-refractivity contribution < 1.29 is 40.2 Å². The standard InChI is InChI=1S/C26H25F3N6O3.C6H6O3S/c1-15-21(23(36)38-5)22(20-10-9-16(13-30)11-17(20)14-35(2,3)4)34-24(31-32-25(34)37)33(15)19-8-6-7-18(12-19)26(27,28)29;7-10(8,9)6-4-2-1-3-5-6/h6-12,22H,14H2,1-5H3;1-5H,(H,7,8,9)/p+1/t22-;/m1./s1. The SMILES string of the molecule is COC(=O)C1=C(C)N(c2cccc(C(F)(F)F)c2)c2n[nH]c(=O)n2[C@@H]1c1ccc(C#N)cc1C[N+](C)(C)C.O=S(=O)(O)c1ccccc1. The number of esters is 1. The molecule has 0 amide bonds. The molecule has 4 aromatic rings. The minimum Gasteiger partial charge on any atom is -0.466 e. The Hall–Kier alpha value is -5.24. The third kappa shape index (κ3) is 7.65. The van der Waals surface area contributed by atoms with Gasteiger partial charge in [-0.25, -0.2) is 19.3 Å². The van der Waals surface area contributed by atoms with Crippen LogP contribution in [-0.2, 0) is 32.4 Å². The van der Waals surface area contributed by atoms with Crippen LogP contribution in [0.2, 0.25) is 0 Å². The number of hydrogen-bond donors (Lipinski definition) is 2. The number of alkyl halides is 3. The van der Waals surface area contributed by atoms with Crippen LogP contribution < -0.4 is 10.6 Å². The van der Waals surface area contributed by atoms with Gasteiger partial charge in [0, 0.05) is 16.9 Å². The van der Waals surface area contributed by atoms with Crippen LogP contribution in [0.5, 0.6) is 0 Å². The molecule has 2 N–H and O–H groups in total. The van der Waals surface area contributed by atoms with Crippen LogP contribution in [0.1, 0.15) is 35.2 Å². The Bertz CT molecular complexity index is 2080. The number of rotatable bonds is 6. The smallest absolute Gasteiger partial charge is 0.416 e. The molecule has 0 aliphatic carbocycles. The Labute approximate surface area is 274 Å². The molecule has 0 saturated heterocycles. The first-order valence-corrected chi connectivity index (χ1v) is 15.6. The Kier molecular flexibility index (Phi) is 10.00. The van der Waals surface area contributed by atoms with Gasteiger partial charge in [-0.3, -0.25) is 9.45 Å². The highest BCUT2D eigenvalue weighted by Gasteiger charge is 2.41. The molecule has 1 aliphatic rings. The zero-order valence-corrected chi connectivity index (χ0v) is 27.3. The molecule has 16 heteroatoms. The van der Waals surface area contributed by atoms with Crippen molar-refractivity contribution in [1.29, 1.82) is 5.26 Å². The quantitative estimate of drug-likeness (QED) is 0.165. The second-order valence-corrected chi connectivity index (χ2v) is 13.2. The van der Waals surface area contributed by atoms with Gasteiger partial charge in [0.1, 0.15) is 12.6 Å². The number of carbonyl (C=O) groups is 1. The van der Waals surface area contributed by atoms with Crippen LogP contribution in [0.15, 0.2) is 93.8 Å². The van der Waals surface area contributed by atoms with Crippen molar-refractivity contribution in [2.75, 3.05) is 33.2 Å². The van der Waals surface area contributed by atoms with Crippen LogP contribution in [0.25, 0.3) is 0 Å². The summed E-state index contributed by atoms with van der Waals surface area (Å²) in [4.78, 5) is 27.6. The Morgan fingerprint density at radius 2 is 1.75 bits per heavy atom. The molecule has 5 rings (SSSR count). The average molecular weight is 686 g/mol. The first-order valence-electron chi connectivity index (χ1n) is 14.2. The molecule has 3 aromatic carbocycles. The van der Waals surface area contributed by atoms with Gasteiger partial charge < -0.3 is 9.22 Å². The van der Waals surface area contributed by atoms with E-state index in [-0.39, 0.29) is 27.8 Å². The average Bonchev–Trinajstić information content (AvgIpc) is 3.39. The minimum absolute atomic E-state index is 0.00466. The third-order valence-electron chi connectivity index (χ3n) is 7.23. The number of allylic oxidation sites excluding steroid dienone is 1. The molecule has 0 fully saturated rings. The van der Waals surface area contributed by atoms with Crippen molar-refractivity contribution in [1.82, 2.24) is 14.8 Å². The van der Waals surface area contributed by atoms with Crippen molar-refractivity contribution in [3.8, 4) is 6.07 Å². The maximum atomic E-state index is 13.5. The topological polar surface area (TPSA) is 158 Å². The number of ether oxygens (including phenoxy) is 1. The fourth-order valence-corrected chi connectivity index (χ4v) is 5.76. The highest BCUT2D eigenvalue weighted by Crippen LogP contribution is 2.43. The summed E-state index contributed by atoms with van der Waals surface area (Å²) < 4.78 is 76.6. The number of aromatic nitrogens is 3. The number of anilines is 2. The van der Waals surface area contributed by atoms with Gasteiger partial charge in [-0.2, -0.15) is 26.9 Å². The number of H-pyrrole nitrogens is 1. The minimum atomic E-state index is -4.61. The van der Waals surface area contributed by atoms with Crippen molar-refractivity contribution in [2.45, 2.75) is 30.6 Å². The molecular formula is C32H32F3N6O6S+. The van der Waals surface area contributed by atoms with Gasteiger partial charge in [0.2, 0.25) is 5.95 Å². The normalized spacial score (nSPS) is 14.8. The first kappa shape index (κ1) is 35.6. The number of fused-ring (bicyclic) bond motifs is 1. The van der Waals surface area contributed by atoms with Gasteiger partial charge in [0.25, 0.3) is 10.1 Å². The zero-order chi connectivity index (χ0) is 35.6. The van der Waals surface area contributed by atoms with Gasteiger partial charge in [-0.1, -0.05) is 30.3 Å². The molecule has 1 aromatic heterocycles. The molecule has 0 spiro atoms. The molecule has 0 saturated carbocycles. The van der Waals surface area contributed by atoms with E-state index in [1.165, 1.54) is 40.8 Å². The molecule has 0 unspecified atom stereocenters. The number of nitrogens with one attached hydrogen (secondary N) is 1. The summed E-state index contributed by atoms with van der Waals surface area (Å²) in [5, 5.41) is 16.0. The number of halogens is 3. The highest BCUT2D eigenvalue weighted by atomic mass is 32.2. The van der Waals surface area contributed by atoms with Crippen molar-refractivity contribution in [3.63, 3.8) is 0 Å². The predicted molar refractivity (Wildman–Crippen MR) is 168 cm³/mol. The van der Waals surface area contributed by atoms with Gasteiger partial charge in [-0.15, -0.1) is 5.10 Å². The van der Waals surface area contributed by atoms with Crippen molar-refractivity contribution in [2.24, 2.45) is 0 Å². The lowest BCUT2D eigenvalue weighted by Gasteiger charge is -2.36. The van der Waals surface area contributed by atoms with Crippen LogP contribution in [0, 0.1) is 11.3 Å². The van der Waals surface area contributed by atoms with E-state index in [0.717, 1.165) is 12.1 Å². The number of carbonyl (C=O) groups excluding carboxylic acids is 1. The molecule has 48 heavy (non-hydrogen) atoms. The second-order valence-electron chi connectivity index (χ2n) is 11.7. The third-order valence-corrected chi connectivity index (χ3v) is 8.10. The summed E-state index contributed by atoms with van der Waals surface area (Å²) in [6, 6.07) is 18.0. The van der Waals surface area contributed by atoms with E-state index in [0.29, 0.717) is 27.7 Å². The number of hydrogen-bond acceptors (Lipinski definition) is 8. The summed E-state index contributed by atoms with van der Waals surface area (Å²) in [5.41, 5.74) is 0.458. The van der Waals surface area contributed by atoms with E-state index in [4.69, 9.17) is 9.29 Å². The lowest BCUT2D eigenvalue weighted by atomic mass is 9.89. The Balaban J connectivity index is 0.000000445. The highest BCUT2D eigenvalue weighted by molar-refractivity contribution is 7.85. The first-order chi connectivity index (χ1) is 22.4. The van der Waals surface area contributed by atoms with Crippen LogP contribution >= 0.6 is 0 Å². The van der Waals surface area contributed by atoms with Crippen LogP contribution in [0.4, 0.5) is 24.8 Å². The zero-order valence-electron chi connectivity index (χ0n) is 26.5. The Morgan fingerprint density at radius 3 is 2.29 bits per heavy atom. The fourth-order valence-electron chi connectivity index (χ4n) is 5.26. The molecule has 1 atom stereocenters. The summed E-state index contributed by atoms with van der Waals surface area (Å²) in [6.07, 6.45) is -4.61. The molecule has 12 nitrogen and oxygen atoms in total. The summed E-state index contributed by atoms with van der Waals surface area (Å²) in [6.45, 7) is 2.01. The lowest BCUT2D eigenvalue weighted by Crippen LogP contribution is -2.39.